The van der Waals surface area contributed by atoms with Crippen LogP contribution in [-0.4, -0.2) is 17.7 Å². The van der Waals surface area contributed by atoms with Gasteiger partial charge < -0.3 is 9.84 Å². The number of carbonyl (C=O) groups is 1. The van der Waals surface area contributed by atoms with E-state index in [1.807, 2.05) is 36.4 Å². The Morgan fingerprint density at radius 1 is 0.968 bits per heavy atom. The highest BCUT2D eigenvalue weighted by Gasteiger charge is 2.14. The normalized spacial score (nSPS) is 13.0. The van der Waals surface area contributed by atoms with E-state index in [-0.39, 0.29) is 0 Å². The van der Waals surface area contributed by atoms with Gasteiger partial charge in [0.25, 0.3) is 0 Å². The molecule has 0 spiro atoms. The van der Waals surface area contributed by atoms with E-state index in [4.69, 9.17) is 4.74 Å². The smallest absolute Gasteiger partial charge is 0.336 e. The number of carboxylic acid groups (broad SMARTS) is 1. The highest BCUT2D eigenvalue weighted by atomic mass is 16.5. The molecule has 3 nitrogen and oxygen atoms in total. The van der Waals surface area contributed by atoms with E-state index in [1.165, 1.54) is 51.4 Å². The SMILES string of the molecule is CCCCCCC(CCCOc1ccc(C(=O)O)c(-c2ccccc2)c1)CC(C)CC. The molecule has 2 atom stereocenters. The fourth-order valence-corrected chi connectivity index (χ4v) is 4.19. The first-order chi connectivity index (χ1) is 15.0. The summed E-state index contributed by atoms with van der Waals surface area (Å²) >= 11 is 0. The second kappa shape index (κ2) is 13.9. The van der Waals surface area contributed by atoms with Crippen LogP contribution < -0.4 is 4.74 Å². The topological polar surface area (TPSA) is 46.5 Å². The molecule has 0 aliphatic rings. The number of hydrogen-bond acceptors (Lipinski definition) is 2. The van der Waals surface area contributed by atoms with Crippen molar-refractivity contribution in [1.82, 2.24) is 0 Å². The van der Waals surface area contributed by atoms with Crippen molar-refractivity contribution in [3.63, 3.8) is 0 Å². The maximum absolute atomic E-state index is 11.6. The number of aromatic carboxylic acids is 1. The number of unbranched alkanes of at least 4 members (excludes halogenated alkanes) is 3. The van der Waals surface area contributed by atoms with Crippen molar-refractivity contribution >= 4 is 5.97 Å². The van der Waals surface area contributed by atoms with Crippen LogP contribution in [0.25, 0.3) is 11.1 Å². The molecule has 0 fully saturated rings. The van der Waals surface area contributed by atoms with Crippen molar-refractivity contribution in [2.24, 2.45) is 11.8 Å². The van der Waals surface area contributed by atoms with Crippen molar-refractivity contribution in [2.45, 2.75) is 78.6 Å². The third kappa shape index (κ3) is 8.77. The van der Waals surface area contributed by atoms with Crippen LogP contribution >= 0.6 is 0 Å². The van der Waals surface area contributed by atoms with E-state index in [2.05, 4.69) is 20.8 Å². The number of benzene rings is 2. The number of rotatable bonds is 15. The summed E-state index contributed by atoms with van der Waals surface area (Å²) in [6.07, 6.45) is 11.5. The summed E-state index contributed by atoms with van der Waals surface area (Å²) in [4.78, 5) is 11.6. The number of hydrogen-bond donors (Lipinski definition) is 1. The van der Waals surface area contributed by atoms with Gasteiger partial charge in [-0.3, -0.25) is 0 Å². The Hall–Kier alpha value is -2.29. The molecule has 3 heteroatoms. The summed E-state index contributed by atoms with van der Waals surface area (Å²) < 4.78 is 6.03. The minimum atomic E-state index is -0.915. The second-order valence-corrected chi connectivity index (χ2v) is 8.83. The Balaban J connectivity index is 1.93. The molecule has 2 unspecified atom stereocenters. The lowest BCUT2D eigenvalue weighted by atomic mass is 9.87. The first-order valence-electron chi connectivity index (χ1n) is 12.1. The molecular formula is C28H40O3. The highest BCUT2D eigenvalue weighted by Crippen LogP contribution is 2.29. The van der Waals surface area contributed by atoms with Gasteiger partial charge in [0.2, 0.25) is 0 Å². The van der Waals surface area contributed by atoms with Crippen molar-refractivity contribution in [3.8, 4) is 16.9 Å². The lowest BCUT2D eigenvalue weighted by Gasteiger charge is -2.20. The molecule has 0 aliphatic heterocycles. The van der Waals surface area contributed by atoms with Gasteiger partial charge in [0.15, 0.2) is 0 Å². The summed E-state index contributed by atoms with van der Waals surface area (Å²) in [7, 11) is 0. The van der Waals surface area contributed by atoms with Crippen LogP contribution in [0.3, 0.4) is 0 Å². The minimum Gasteiger partial charge on any atom is -0.494 e. The van der Waals surface area contributed by atoms with Crippen molar-refractivity contribution in [2.75, 3.05) is 6.61 Å². The molecule has 0 aliphatic carbocycles. The molecule has 0 saturated carbocycles. The van der Waals surface area contributed by atoms with Crippen LogP contribution in [0.4, 0.5) is 0 Å². The Morgan fingerprint density at radius 3 is 2.39 bits per heavy atom. The van der Waals surface area contributed by atoms with Gasteiger partial charge in [-0.15, -0.1) is 0 Å². The molecule has 0 heterocycles. The molecular weight excluding hydrogens is 384 g/mol. The van der Waals surface area contributed by atoms with Crippen molar-refractivity contribution < 1.29 is 14.6 Å². The molecule has 170 valence electrons. The van der Waals surface area contributed by atoms with Gasteiger partial charge in [0, 0.05) is 0 Å². The van der Waals surface area contributed by atoms with E-state index in [0.29, 0.717) is 17.7 Å². The maximum atomic E-state index is 11.6. The van der Waals surface area contributed by atoms with Crippen molar-refractivity contribution in [1.29, 1.82) is 0 Å². The summed E-state index contributed by atoms with van der Waals surface area (Å²) in [5.41, 5.74) is 1.90. The van der Waals surface area contributed by atoms with Crippen LogP contribution in [0.2, 0.25) is 0 Å². The van der Waals surface area contributed by atoms with E-state index < -0.39 is 5.97 Å². The number of carboxylic acids is 1. The highest BCUT2D eigenvalue weighted by molar-refractivity contribution is 5.96. The number of ether oxygens (including phenoxy) is 1. The quantitative estimate of drug-likeness (QED) is 0.293. The third-order valence-electron chi connectivity index (χ3n) is 6.23. The predicted molar refractivity (Wildman–Crippen MR) is 130 cm³/mol. The van der Waals surface area contributed by atoms with E-state index in [1.54, 1.807) is 12.1 Å². The average Bonchev–Trinajstić information content (AvgIpc) is 2.79. The van der Waals surface area contributed by atoms with Crippen LogP contribution in [-0.2, 0) is 0 Å². The van der Waals surface area contributed by atoms with E-state index in [9.17, 15) is 9.90 Å². The van der Waals surface area contributed by atoms with Gasteiger partial charge in [-0.25, -0.2) is 4.79 Å². The fraction of sp³-hybridized carbons (Fsp3) is 0.536. The van der Waals surface area contributed by atoms with Gasteiger partial charge in [-0.05, 0) is 60.4 Å². The predicted octanol–water partition coefficient (Wildman–Crippen LogP) is 8.23. The first-order valence-corrected chi connectivity index (χ1v) is 12.1. The first kappa shape index (κ1) is 25.0. The minimum absolute atomic E-state index is 0.305. The molecule has 31 heavy (non-hydrogen) atoms. The molecule has 0 aromatic heterocycles. The van der Waals surface area contributed by atoms with Gasteiger partial charge in [0.1, 0.15) is 5.75 Å². The Morgan fingerprint density at radius 2 is 1.71 bits per heavy atom. The van der Waals surface area contributed by atoms with Crippen LogP contribution in [0, 0.1) is 11.8 Å². The van der Waals surface area contributed by atoms with Crippen LogP contribution in [0.5, 0.6) is 5.75 Å². The molecule has 0 saturated heterocycles. The van der Waals surface area contributed by atoms with E-state index >= 15 is 0 Å². The second-order valence-electron chi connectivity index (χ2n) is 8.83. The molecule has 2 rings (SSSR count). The van der Waals surface area contributed by atoms with Crippen LogP contribution in [0.15, 0.2) is 48.5 Å². The maximum Gasteiger partial charge on any atom is 0.336 e. The lowest BCUT2D eigenvalue weighted by molar-refractivity contribution is 0.0697. The Bertz CT molecular complexity index is 769. The largest absolute Gasteiger partial charge is 0.494 e. The lowest BCUT2D eigenvalue weighted by Crippen LogP contribution is -2.09. The monoisotopic (exact) mass is 424 g/mol. The zero-order chi connectivity index (χ0) is 22.5. The van der Waals surface area contributed by atoms with Gasteiger partial charge >= 0.3 is 5.97 Å². The molecule has 1 N–H and O–H groups in total. The Kier molecular flexibility index (Phi) is 11.2. The third-order valence-corrected chi connectivity index (χ3v) is 6.23. The van der Waals surface area contributed by atoms with E-state index in [0.717, 1.165) is 29.6 Å². The molecule has 0 amide bonds. The molecule has 0 bridgehead atoms. The molecule has 2 aromatic carbocycles. The summed E-state index contributed by atoms with van der Waals surface area (Å²) in [5.74, 6) is 1.39. The summed E-state index contributed by atoms with van der Waals surface area (Å²) in [6, 6.07) is 14.9. The zero-order valence-electron chi connectivity index (χ0n) is 19.6. The molecule has 2 aromatic rings. The van der Waals surface area contributed by atoms with Gasteiger partial charge in [-0.2, -0.15) is 0 Å². The molecule has 0 radical (unpaired) electrons. The summed E-state index contributed by atoms with van der Waals surface area (Å²) in [5, 5.41) is 9.55. The van der Waals surface area contributed by atoms with Crippen LogP contribution in [0.1, 0.15) is 88.9 Å². The van der Waals surface area contributed by atoms with Gasteiger partial charge in [0.05, 0.1) is 12.2 Å². The fourth-order valence-electron chi connectivity index (χ4n) is 4.19. The standard InChI is InChI=1S/C28H40O3/c1-4-6-7-9-13-23(20-22(3)5-2)14-12-19-31-25-17-18-26(28(29)30)27(21-25)24-15-10-8-11-16-24/h8,10-11,15-18,21-23H,4-7,9,12-14,19-20H2,1-3H3,(H,29,30). The summed E-state index contributed by atoms with van der Waals surface area (Å²) in [6.45, 7) is 7.59. The van der Waals surface area contributed by atoms with Gasteiger partial charge in [-0.1, -0.05) is 89.6 Å². The van der Waals surface area contributed by atoms with Crippen molar-refractivity contribution in [3.05, 3.63) is 54.1 Å². The average molecular weight is 425 g/mol. The Labute approximate surface area is 188 Å². The zero-order valence-corrected chi connectivity index (χ0v) is 19.6.